The maximum absolute atomic E-state index is 12.8. The molecule has 3 nitrogen and oxygen atoms in total. The minimum atomic E-state index is -3.24. The molecule has 0 aliphatic heterocycles. The van der Waals surface area contributed by atoms with Gasteiger partial charge in [0.15, 0.2) is 0 Å². The summed E-state index contributed by atoms with van der Waals surface area (Å²) in [5.41, 5.74) is -2.13. The third-order valence-corrected chi connectivity index (χ3v) is 1.62. The number of carboxylic acid groups (broad SMARTS) is 1. The van der Waals surface area contributed by atoms with E-state index >= 15 is 0 Å². The van der Waals surface area contributed by atoms with E-state index in [1.54, 1.807) is 0 Å². The first-order valence-corrected chi connectivity index (χ1v) is 3.68. The van der Waals surface area contributed by atoms with Crippen molar-refractivity contribution in [3.05, 3.63) is 28.3 Å². The molecule has 1 N–H and O–H groups in total. The number of aromatic carboxylic acids is 1. The second-order valence-corrected chi connectivity index (χ2v) is 2.69. The van der Waals surface area contributed by atoms with E-state index in [-0.39, 0.29) is 0 Å². The number of hydrogen-bond acceptors (Lipinski definition) is 2. The Kier molecular flexibility index (Phi) is 2.95. The number of halogens is 4. The van der Waals surface area contributed by atoms with Gasteiger partial charge in [-0.3, -0.25) is 0 Å². The highest BCUT2D eigenvalue weighted by Crippen LogP contribution is 2.26. The van der Waals surface area contributed by atoms with Crippen molar-refractivity contribution in [1.29, 1.82) is 0 Å². The molecule has 0 aliphatic carbocycles. The molecule has 0 aromatic carbocycles. The third kappa shape index (κ3) is 1.95. The molecule has 1 aromatic heterocycles. The number of carbonyl (C=O) groups is 1. The van der Waals surface area contributed by atoms with Crippen LogP contribution in [0.3, 0.4) is 0 Å². The van der Waals surface area contributed by atoms with Crippen LogP contribution in [0.4, 0.5) is 13.2 Å². The van der Waals surface area contributed by atoms with Gasteiger partial charge in [0.2, 0.25) is 5.95 Å². The van der Waals surface area contributed by atoms with E-state index in [1.807, 2.05) is 0 Å². The number of rotatable bonds is 2. The molecule has 0 spiro atoms. The number of aromatic nitrogens is 1. The minimum Gasteiger partial charge on any atom is -0.478 e. The van der Waals surface area contributed by atoms with Crippen molar-refractivity contribution in [3.63, 3.8) is 0 Å². The number of pyridine rings is 1. The van der Waals surface area contributed by atoms with E-state index in [1.165, 1.54) is 0 Å². The van der Waals surface area contributed by atoms with Gasteiger partial charge in [0.05, 0.1) is 11.1 Å². The highest BCUT2D eigenvalue weighted by molar-refractivity contribution is 6.29. The molecular formula is C7H3ClF3NO2. The van der Waals surface area contributed by atoms with Crippen molar-refractivity contribution in [2.24, 2.45) is 0 Å². The average Bonchev–Trinajstić information content (AvgIpc) is 2.01. The lowest BCUT2D eigenvalue weighted by molar-refractivity contribution is 0.0681. The average molecular weight is 226 g/mol. The maximum atomic E-state index is 12.8. The fraction of sp³-hybridized carbons (Fsp3) is 0.143. The molecular weight excluding hydrogens is 223 g/mol. The summed E-state index contributed by atoms with van der Waals surface area (Å²) >= 11 is 5.21. The van der Waals surface area contributed by atoms with Gasteiger partial charge in [-0.2, -0.15) is 4.39 Å². The van der Waals surface area contributed by atoms with Crippen LogP contribution in [0.2, 0.25) is 5.15 Å². The summed E-state index contributed by atoms with van der Waals surface area (Å²) in [7, 11) is 0. The molecule has 0 amide bonds. The first kappa shape index (κ1) is 10.8. The Morgan fingerprint density at radius 1 is 1.57 bits per heavy atom. The van der Waals surface area contributed by atoms with Crippen molar-refractivity contribution < 1.29 is 23.1 Å². The van der Waals surface area contributed by atoms with E-state index in [0.717, 1.165) is 0 Å². The smallest absolute Gasteiger partial charge is 0.336 e. The third-order valence-electron chi connectivity index (χ3n) is 1.43. The zero-order valence-electron chi connectivity index (χ0n) is 6.47. The lowest BCUT2D eigenvalue weighted by atomic mass is 10.1. The first-order valence-electron chi connectivity index (χ1n) is 3.31. The highest BCUT2D eigenvalue weighted by atomic mass is 35.5. The van der Waals surface area contributed by atoms with E-state index in [2.05, 4.69) is 4.98 Å². The molecule has 76 valence electrons. The Bertz CT molecular complexity index is 383. The summed E-state index contributed by atoms with van der Waals surface area (Å²) in [6.07, 6.45) is -3.24. The summed E-state index contributed by atoms with van der Waals surface area (Å²) < 4.78 is 37.2. The van der Waals surface area contributed by atoms with Crippen LogP contribution in [0, 0.1) is 5.95 Å². The molecule has 1 heterocycles. The molecule has 0 aliphatic rings. The van der Waals surface area contributed by atoms with Crippen LogP contribution >= 0.6 is 11.6 Å². The number of nitrogens with zero attached hydrogens (tertiary/aromatic N) is 1. The van der Waals surface area contributed by atoms with Crippen molar-refractivity contribution in [3.8, 4) is 0 Å². The van der Waals surface area contributed by atoms with Gasteiger partial charge in [-0.15, -0.1) is 0 Å². The molecule has 0 bridgehead atoms. The Hall–Kier alpha value is -1.30. The molecule has 0 atom stereocenters. The standard InChI is InChI=1S/C7H3ClF3NO2/c8-3-1-2(7(13)14)4(5(9)10)6(11)12-3/h1,5H,(H,13,14). The van der Waals surface area contributed by atoms with E-state index < -0.39 is 34.6 Å². The van der Waals surface area contributed by atoms with Gasteiger partial charge in [-0.05, 0) is 6.07 Å². The molecule has 0 unspecified atom stereocenters. The van der Waals surface area contributed by atoms with Crippen LogP contribution in [0.5, 0.6) is 0 Å². The fourth-order valence-electron chi connectivity index (χ4n) is 0.879. The Labute approximate surface area is 81.1 Å². The van der Waals surface area contributed by atoms with Gasteiger partial charge >= 0.3 is 5.97 Å². The fourth-order valence-corrected chi connectivity index (χ4v) is 1.06. The van der Waals surface area contributed by atoms with E-state index in [4.69, 9.17) is 16.7 Å². The molecule has 1 rings (SSSR count). The normalized spacial score (nSPS) is 10.6. The zero-order valence-corrected chi connectivity index (χ0v) is 7.23. The summed E-state index contributed by atoms with van der Waals surface area (Å²) in [5, 5.41) is 7.99. The maximum Gasteiger partial charge on any atom is 0.336 e. The number of alkyl halides is 2. The molecule has 0 radical (unpaired) electrons. The number of hydrogen-bond donors (Lipinski definition) is 1. The largest absolute Gasteiger partial charge is 0.478 e. The van der Waals surface area contributed by atoms with E-state index in [0.29, 0.717) is 6.07 Å². The van der Waals surface area contributed by atoms with Crippen molar-refractivity contribution in [2.45, 2.75) is 6.43 Å². The van der Waals surface area contributed by atoms with Gasteiger partial charge in [0.25, 0.3) is 6.43 Å². The van der Waals surface area contributed by atoms with E-state index in [9.17, 15) is 18.0 Å². The van der Waals surface area contributed by atoms with Crippen LogP contribution < -0.4 is 0 Å². The van der Waals surface area contributed by atoms with Gasteiger partial charge in [-0.25, -0.2) is 18.6 Å². The second kappa shape index (κ2) is 3.83. The Balaban J connectivity index is 3.44. The van der Waals surface area contributed by atoms with Gasteiger partial charge < -0.3 is 5.11 Å². The first-order chi connectivity index (χ1) is 6.43. The van der Waals surface area contributed by atoms with Crippen molar-refractivity contribution >= 4 is 17.6 Å². The lowest BCUT2D eigenvalue weighted by Crippen LogP contribution is -2.07. The molecule has 0 fully saturated rings. The van der Waals surface area contributed by atoms with Gasteiger partial charge in [0, 0.05) is 0 Å². The second-order valence-electron chi connectivity index (χ2n) is 2.30. The monoisotopic (exact) mass is 225 g/mol. The summed E-state index contributed by atoms with van der Waals surface area (Å²) in [4.78, 5) is 13.3. The van der Waals surface area contributed by atoms with Gasteiger partial charge in [-0.1, -0.05) is 11.6 Å². The predicted octanol–water partition coefficient (Wildman–Crippen LogP) is 2.51. The zero-order chi connectivity index (χ0) is 10.9. The van der Waals surface area contributed by atoms with Crippen molar-refractivity contribution in [2.75, 3.05) is 0 Å². The quantitative estimate of drug-likeness (QED) is 0.787. The van der Waals surface area contributed by atoms with Crippen LogP contribution in [0.1, 0.15) is 22.3 Å². The number of carboxylic acids is 1. The highest BCUT2D eigenvalue weighted by Gasteiger charge is 2.24. The van der Waals surface area contributed by atoms with Crippen molar-refractivity contribution in [1.82, 2.24) is 4.98 Å². The Morgan fingerprint density at radius 2 is 2.14 bits per heavy atom. The van der Waals surface area contributed by atoms with Crippen LogP contribution in [0.25, 0.3) is 0 Å². The molecule has 14 heavy (non-hydrogen) atoms. The SMILES string of the molecule is O=C(O)c1cc(Cl)nc(F)c1C(F)F. The molecule has 0 saturated heterocycles. The predicted molar refractivity (Wildman–Crippen MR) is 41.1 cm³/mol. The Morgan fingerprint density at radius 3 is 2.57 bits per heavy atom. The molecule has 7 heteroatoms. The molecule has 0 saturated carbocycles. The summed E-state index contributed by atoms with van der Waals surface area (Å²) in [5.74, 6) is -3.24. The lowest BCUT2D eigenvalue weighted by Gasteiger charge is -2.05. The minimum absolute atomic E-state index is 0.482. The van der Waals surface area contributed by atoms with Crippen LogP contribution in [-0.2, 0) is 0 Å². The van der Waals surface area contributed by atoms with Crippen LogP contribution in [-0.4, -0.2) is 16.1 Å². The summed E-state index contributed by atoms with van der Waals surface area (Å²) in [6.45, 7) is 0. The molecule has 1 aromatic rings. The van der Waals surface area contributed by atoms with Gasteiger partial charge in [0.1, 0.15) is 5.15 Å². The summed E-state index contributed by atoms with van der Waals surface area (Å²) in [6, 6.07) is 0.675. The topological polar surface area (TPSA) is 50.2 Å². The van der Waals surface area contributed by atoms with Crippen LogP contribution in [0.15, 0.2) is 6.07 Å².